The molecule has 3 aliphatic rings. The monoisotopic (exact) mass is 566 g/mol. The van der Waals surface area contributed by atoms with E-state index in [0.717, 1.165) is 62.6 Å². The second kappa shape index (κ2) is 11.3. The molecule has 212 valence electrons. The molecule has 2 saturated carbocycles. The van der Waals surface area contributed by atoms with Gasteiger partial charge in [0, 0.05) is 31.0 Å². The SMILES string of the molecule is C[C@H]1CC[C@H](Cn2c(N3CCOC4CCCCC43)nc3nc(C(=N)NC(=O)O)nc(-c4cncc(Cl)c4)c32)CC1. The Morgan fingerprint density at radius 1 is 1.15 bits per heavy atom. The number of rotatable bonds is 5. The fraction of sp³-hybridized carbons (Fsp3) is 0.571. The average molecular weight is 567 g/mol. The number of morpholine rings is 1. The number of halogens is 1. The highest BCUT2D eigenvalue weighted by atomic mass is 35.5. The van der Waals surface area contributed by atoms with Gasteiger partial charge in [0.05, 0.1) is 23.8 Å². The van der Waals surface area contributed by atoms with Gasteiger partial charge in [-0.3, -0.25) is 15.7 Å². The minimum absolute atomic E-state index is 0.0508. The normalized spacial score (nSPS) is 25.0. The molecule has 0 radical (unpaired) electrons. The number of imidazole rings is 1. The van der Waals surface area contributed by atoms with Crippen LogP contribution >= 0.6 is 11.6 Å². The van der Waals surface area contributed by atoms with Gasteiger partial charge in [0.2, 0.25) is 5.95 Å². The lowest BCUT2D eigenvalue weighted by atomic mass is 9.83. The van der Waals surface area contributed by atoms with Crippen LogP contribution in [0.25, 0.3) is 22.4 Å². The Bertz CT molecular complexity index is 1420. The maximum atomic E-state index is 11.3. The maximum absolute atomic E-state index is 11.3. The molecule has 40 heavy (non-hydrogen) atoms. The summed E-state index contributed by atoms with van der Waals surface area (Å²) in [6.45, 7) is 4.48. The van der Waals surface area contributed by atoms with Crippen LogP contribution in [0.1, 0.15) is 64.1 Å². The Morgan fingerprint density at radius 3 is 2.73 bits per heavy atom. The first kappa shape index (κ1) is 26.9. The summed E-state index contributed by atoms with van der Waals surface area (Å²) in [4.78, 5) is 32.4. The molecule has 2 atom stereocenters. The topological polar surface area (TPSA) is 142 Å². The van der Waals surface area contributed by atoms with Crippen molar-refractivity contribution in [1.82, 2.24) is 29.8 Å². The molecule has 2 unspecified atom stereocenters. The number of hydrogen-bond donors (Lipinski definition) is 3. The first-order chi connectivity index (χ1) is 19.4. The summed E-state index contributed by atoms with van der Waals surface area (Å²) in [5.41, 5.74) is 2.37. The molecular weight excluding hydrogens is 532 g/mol. The molecule has 0 spiro atoms. The lowest BCUT2D eigenvalue weighted by molar-refractivity contribution is -0.00958. The molecule has 1 aliphatic heterocycles. The Kier molecular flexibility index (Phi) is 7.59. The Balaban J connectivity index is 1.54. The number of nitrogens with zero attached hydrogens (tertiary/aromatic N) is 6. The summed E-state index contributed by atoms with van der Waals surface area (Å²) in [5.74, 6) is 1.61. The number of nitrogens with one attached hydrogen (secondary N) is 2. The number of aromatic nitrogens is 5. The van der Waals surface area contributed by atoms with Crippen LogP contribution in [-0.2, 0) is 11.3 Å². The molecule has 12 heteroatoms. The Morgan fingerprint density at radius 2 is 1.95 bits per heavy atom. The van der Waals surface area contributed by atoms with Crippen molar-refractivity contribution in [3.8, 4) is 11.3 Å². The summed E-state index contributed by atoms with van der Waals surface area (Å²) >= 11 is 6.35. The first-order valence-electron chi connectivity index (χ1n) is 14.2. The van der Waals surface area contributed by atoms with E-state index in [-0.39, 0.29) is 18.0 Å². The number of carbonyl (C=O) groups is 1. The number of pyridine rings is 1. The van der Waals surface area contributed by atoms with Gasteiger partial charge in [-0.15, -0.1) is 0 Å². The highest BCUT2D eigenvalue weighted by molar-refractivity contribution is 6.30. The van der Waals surface area contributed by atoms with E-state index in [1.165, 1.54) is 19.3 Å². The molecule has 0 aromatic carbocycles. The quantitative estimate of drug-likeness (QED) is 0.286. The zero-order valence-electron chi connectivity index (χ0n) is 22.6. The standard InChI is InChI=1S/C28H35ClN8O3/c1-16-6-8-17(9-7-16)15-37-23-22(18-12-19(29)14-31-13-18)32-26(24(30)33-28(38)39)34-25(23)35-27(37)36-10-11-40-21-5-3-2-4-20(21)36/h12-14,16-17,20-21H,2-11,15H2,1H3,(H2,30,33)(H,38,39)/t16-,17-,20?,21?. The van der Waals surface area contributed by atoms with Crippen molar-refractivity contribution in [1.29, 1.82) is 5.41 Å². The van der Waals surface area contributed by atoms with E-state index in [1.54, 1.807) is 18.5 Å². The molecule has 3 aromatic heterocycles. The molecular formula is C28H35ClN8O3. The highest BCUT2D eigenvalue weighted by Gasteiger charge is 2.37. The third kappa shape index (κ3) is 5.36. The molecule has 0 bridgehead atoms. The molecule has 6 rings (SSSR count). The number of hydrogen-bond acceptors (Lipinski definition) is 8. The van der Waals surface area contributed by atoms with Crippen LogP contribution in [0.5, 0.6) is 0 Å². The van der Waals surface area contributed by atoms with E-state index in [1.807, 2.05) is 0 Å². The number of ether oxygens (including phenoxy) is 1. The molecule has 1 saturated heterocycles. The van der Waals surface area contributed by atoms with Crippen LogP contribution in [0.3, 0.4) is 0 Å². The zero-order chi connectivity index (χ0) is 27.8. The fourth-order valence-electron chi connectivity index (χ4n) is 6.55. The summed E-state index contributed by atoms with van der Waals surface area (Å²) in [7, 11) is 0. The molecule has 3 aromatic rings. The Labute approximate surface area is 237 Å². The third-order valence-electron chi connectivity index (χ3n) is 8.58. The van der Waals surface area contributed by atoms with Gasteiger partial charge in [-0.2, -0.15) is 4.98 Å². The number of anilines is 1. The number of carboxylic acid groups (broad SMARTS) is 1. The van der Waals surface area contributed by atoms with E-state index in [0.29, 0.717) is 34.5 Å². The minimum atomic E-state index is -1.35. The molecule has 3 N–H and O–H groups in total. The second-order valence-electron chi connectivity index (χ2n) is 11.4. The lowest BCUT2D eigenvalue weighted by Gasteiger charge is -2.44. The summed E-state index contributed by atoms with van der Waals surface area (Å²) in [6, 6.07) is 2.01. The van der Waals surface area contributed by atoms with Crippen LogP contribution in [-0.4, -0.2) is 66.8 Å². The van der Waals surface area contributed by atoms with Crippen molar-refractivity contribution < 1.29 is 14.6 Å². The molecule has 11 nitrogen and oxygen atoms in total. The second-order valence-corrected chi connectivity index (χ2v) is 11.8. The molecule has 3 fully saturated rings. The predicted molar refractivity (Wildman–Crippen MR) is 152 cm³/mol. The largest absolute Gasteiger partial charge is 0.465 e. The maximum Gasteiger partial charge on any atom is 0.410 e. The van der Waals surface area contributed by atoms with E-state index < -0.39 is 11.9 Å². The summed E-state index contributed by atoms with van der Waals surface area (Å²) < 4.78 is 8.45. The number of fused-ring (bicyclic) bond motifs is 2. The van der Waals surface area contributed by atoms with E-state index in [9.17, 15) is 9.90 Å². The van der Waals surface area contributed by atoms with Crippen molar-refractivity contribution >= 4 is 40.6 Å². The van der Waals surface area contributed by atoms with Gasteiger partial charge in [0.25, 0.3) is 0 Å². The smallest absolute Gasteiger partial charge is 0.410 e. The van der Waals surface area contributed by atoms with Gasteiger partial charge < -0.3 is 19.3 Å². The van der Waals surface area contributed by atoms with Crippen LogP contribution in [0.15, 0.2) is 18.5 Å². The van der Waals surface area contributed by atoms with Crippen molar-refractivity contribution in [2.24, 2.45) is 11.8 Å². The zero-order valence-corrected chi connectivity index (χ0v) is 23.4. The number of amides is 1. The van der Waals surface area contributed by atoms with E-state index in [4.69, 9.17) is 31.7 Å². The third-order valence-corrected chi connectivity index (χ3v) is 8.79. The Hall–Kier alpha value is -3.31. The van der Waals surface area contributed by atoms with Gasteiger partial charge >= 0.3 is 6.09 Å². The summed E-state index contributed by atoms with van der Waals surface area (Å²) in [5, 5.41) is 20.1. The number of amidine groups is 1. The van der Waals surface area contributed by atoms with Crippen molar-refractivity contribution in [2.75, 3.05) is 18.1 Å². The van der Waals surface area contributed by atoms with E-state index in [2.05, 4.69) is 31.7 Å². The predicted octanol–water partition coefficient (Wildman–Crippen LogP) is 5.11. The van der Waals surface area contributed by atoms with Gasteiger partial charge in [-0.05, 0) is 43.6 Å². The van der Waals surface area contributed by atoms with Gasteiger partial charge in [-0.1, -0.05) is 44.2 Å². The van der Waals surface area contributed by atoms with Crippen LogP contribution in [0.2, 0.25) is 5.02 Å². The molecule has 2 aliphatic carbocycles. The van der Waals surface area contributed by atoms with Gasteiger partial charge in [0.15, 0.2) is 17.3 Å². The van der Waals surface area contributed by atoms with Crippen molar-refractivity contribution in [3.63, 3.8) is 0 Å². The molecule has 4 heterocycles. The summed E-state index contributed by atoms with van der Waals surface area (Å²) in [6.07, 6.45) is 11.2. The van der Waals surface area contributed by atoms with Gasteiger partial charge in [0.1, 0.15) is 11.2 Å². The van der Waals surface area contributed by atoms with Crippen molar-refractivity contribution in [2.45, 2.75) is 77.0 Å². The average Bonchev–Trinajstić information content (AvgIpc) is 3.31. The highest BCUT2D eigenvalue weighted by Crippen LogP contribution is 2.38. The molecule has 1 amide bonds. The van der Waals surface area contributed by atoms with Crippen LogP contribution in [0.4, 0.5) is 10.7 Å². The van der Waals surface area contributed by atoms with Crippen LogP contribution < -0.4 is 10.2 Å². The minimum Gasteiger partial charge on any atom is -0.465 e. The van der Waals surface area contributed by atoms with E-state index >= 15 is 0 Å². The first-order valence-corrected chi connectivity index (χ1v) is 14.6. The van der Waals surface area contributed by atoms with Crippen molar-refractivity contribution in [3.05, 3.63) is 29.3 Å². The van der Waals surface area contributed by atoms with Gasteiger partial charge in [-0.25, -0.2) is 14.8 Å². The van der Waals surface area contributed by atoms with Crippen LogP contribution in [0, 0.1) is 17.2 Å². The fourth-order valence-corrected chi connectivity index (χ4v) is 6.72. The lowest BCUT2D eigenvalue weighted by Crippen LogP contribution is -2.53.